The maximum Gasteiger partial charge on any atom is 0.315 e. The Hall–Kier alpha value is -3.15. The second-order valence-electron chi connectivity index (χ2n) is 14.4. The van der Waals surface area contributed by atoms with E-state index in [1.807, 2.05) is 55.4 Å². The van der Waals surface area contributed by atoms with Gasteiger partial charge in [-0.2, -0.15) is 0 Å². The first kappa shape index (κ1) is 30.8. The van der Waals surface area contributed by atoms with Gasteiger partial charge in [0.15, 0.2) is 0 Å². The number of likely N-dealkylation sites (tertiary alicyclic amines) is 1. The number of piperidine rings is 1. The topological polar surface area (TPSA) is 154 Å². The van der Waals surface area contributed by atoms with Crippen LogP contribution < -0.4 is 20.7 Å². The molecule has 1 heterocycles. The molecule has 1 aromatic carbocycles. The largest absolute Gasteiger partial charge is 0.340 e. The highest BCUT2D eigenvalue weighted by Gasteiger charge is 2.70. The zero-order valence-electron chi connectivity index (χ0n) is 25.1. The predicted molar refractivity (Wildman–Crippen MR) is 153 cm³/mol. The minimum Gasteiger partial charge on any atom is -0.340 e. The molecule has 41 heavy (non-hydrogen) atoms. The van der Waals surface area contributed by atoms with Gasteiger partial charge < -0.3 is 20.9 Å². The van der Waals surface area contributed by atoms with Crippen LogP contribution in [0.5, 0.6) is 0 Å². The van der Waals surface area contributed by atoms with E-state index in [1.54, 1.807) is 18.2 Å². The SMILES string of the molecule is CC(C)(C)NC(=O)N[C@H](C(=O)N1CC2[C@@H]([C@H]1C(=O)NC1(C(=O)NS(=O)(=O)c3ccccc3)CC1)C2(C)C)C(C)(C)C. The quantitative estimate of drug-likeness (QED) is 0.382. The maximum absolute atomic E-state index is 14.0. The lowest BCUT2D eigenvalue weighted by Gasteiger charge is -2.38. The van der Waals surface area contributed by atoms with Crippen LogP contribution in [0.1, 0.15) is 68.2 Å². The van der Waals surface area contributed by atoms with Crippen molar-refractivity contribution in [1.82, 2.24) is 25.6 Å². The van der Waals surface area contributed by atoms with Gasteiger partial charge in [-0.05, 0) is 68.4 Å². The second kappa shape index (κ2) is 9.99. The van der Waals surface area contributed by atoms with Gasteiger partial charge in [-0.1, -0.05) is 52.8 Å². The molecule has 1 aliphatic heterocycles. The fourth-order valence-electron chi connectivity index (χ4n) is 5.86. The van der Waals surface area contributed by atoms with E-state index in [1.165, 1.54) is 17.0 Å². The molecule has 2 aliphatic carbocycles. The number of fused-ring (bicyclic) bond motifs is 1. The van der Waals surface area contributed by atoms with Gasteiger partial charge in [-0.25, -0.2) is 17.9 Å². The summed E-state index contributed by atoms with van der Waals surface area (Å²) in [6, 6.07) is 5.30. The van der Waals surface area contributed by atoms with Gasteiger partial charge in [0.1, 0.15) is 17.6 Å². The predicted octanol–water partition coefficient (Wildman–Crippen LogP) is 2.14. The van der Waals surface area contributed by atoms with Gasteiger partial charge in [0.25, 0.3) is 15.9 Å². The highest BCUT2D eigenvalue weighted by Crippen LogP contribution is 2.65. The van der Waals surface area contributed by atoms with Crippen LogP contribution in [0.2, 0.25) is 0 Å². The Kier molecular flexibility index (Phi) is 7.51. The van der Waals surface area contributed by atoms with Crippen LogP contribution in [0.15, 0.2) is 35.2 Å². The summed E-state index contributed by atoms with van der Waals surface area (Å²) in [6.07, 6.45) is 0.568. The van der Waals surface area contributed by atoms with Crippen molar-refractivity contribution in [3.63, 3.8) is 0 Å². The van der Waals surface area contributed by atoms with Crippen molar-refractivity contribution in [2.45, 2.75) is 96.3 Å². The standard InChI is InChI=1S/C29H43N5O6S/c1-26(2,3)21(30-25(38)32-27(4,5)6)23(36)34-16-18-19(28(18,7)8)20(34)22(35)31-29(14-15-29)24(37)33-41(39,40)17-12-10-9-11-13-17/h9-13,18-21H,14-16H2,1-8H3,(H,31,35)(H,33,37)(H2,30,32,38)/t18?,19-,20-,21+/m0/s1. The third kappa shape index (κ3) is 6.22. The van der Waals surface area contributed by atoms with E-state index in [4.69, 9.17) is 0 Å². The highest BCUT2D eigenvalue weighted by atomic mass is 32.2. The molecule has 1 saturated heterocycles. The number of benzene rings is 1. The van der Waals surface area contributed by atoms with Crippen molar-refractivity contribution in [2.75, 3.05) is 6.54 Å². The normalized spacial score (nSPS) is 24.9. The lowest BCUT2D eigenvalue weighted by Crippen LogP contribution is -2.62. The van der Waals surface area contributed by atoms with E-state index >= 15 is 0 Å². The molecule has 4 N–H and O–H groups in total. The number of urea groups is 1. The summed E-state index contributed by atoms with van der Waals surface area (Å²) in [7, 11) is -4.12. The van der Waals surface area contributed by atoms with E-state index in [0.717, 1.165) is 0 Å². The van der Waals surface area contributed by atoms with Crippen molar-refractivity contribution in [3.8, 4) is 0 Å². The van der Waals surface area contributed by atoms with Crippen LogP contribution >= 0.6 is 0 Å². The molecule has 0 radical (unpaired) electrons. The first-order valence-electron chi connectivity index (χ1n) is 14.0. The van der Waals surface area contributed by atoms with E-state index < -0.39 is 56.4 Å². The Morgan fingerprint density at radius 1 is 0.976 bits per heavy atom. The Balaban J connectivity index is 1.53. The second-order valence-corrected chi connectivity index (χ2v) is 16.0. The molecule has 0 spiro atoms. The first-order valence-corrected chi connectivity index (χ1v) is 15.5. The summed E-state index contributed by atoms with van der Waals surface area (Å²) < 4.78 is 27.6. The fraction of sp³-hybridized carbons (Fsp3) is 0.655. The number of rotatable bonds is 7. The van der Waals surface area contributed by atoms with Gasteiger partial charge in [0, 0.05) is 12.1 Å². The van der Waals surface area contributed by atoms with Gasteiger partial charge in [0.05, 0.1) is 4.90 Å². The lowest BCUT2D eigenvalue weighted by atomic mass is 9.85. The van der Waals surface area contributed by atoms with Crippen LogP contribution in [0.4, 0.5) is 4.79 Å². The summed E-state index contributed by atoms with van der Waals surface area (Å²) >= 11 is 0. The molecule has 3 fully saturated rings. The number of nitrogens with zero attached hydrogens (tertiary/aromatic N) is 1. The Morgan fingerprint density at radius 3 is 2.07 bits per heavy atom. The van der Waals surface area contributed by atoms with Crippen molar-refractivity contribution in [3.05, 3.63) is 30.3 Å². The van der Waals surface area contributed by atoms with E-state index in [-0.39, 0.29) is 40.9 Å². The molecular formula is C29H43N5O6S. The summed E-state index contributed by atoms with van der Waals surface area (Å²) in [4.78, 5) is 55.2. The van der Waals surface area contributed by atoms with Crippen molar-refractivity contribution in [1.29, 1.82) is 0 Å². The summed E-state index contributed by atoms with van der Waals surface area (Å²) in [6.45, 7) is 15.5. The van der Waals surface area contributed by atoms with E-state index in [9.17, 15) is 27.6 Å². The molecule has 0 bridgehead atoms. The minimum absolute atomic E-state index is 0.0539. The monoisotopic (exact) mass is 589 g/mol. The van der Waals surface area contributed by atoms with Gasteiger partial charge >= 0.3 is 6.03 Å². The molecule has 4 rings (SSSR count). The average Bonchev–Trinajstić information content (AvgIpc) is 3.65. The molecule has 11 nitrogen and oxygen atoms in total. The van der Waals surface area contributed by atoms with Crippen LogP contribution in [0, 0.1) is 22.7 Å². The molecule has 1 aromatic rings. The maximum atomic E-state index is 14.0. The number of carbonyl (C=O) groups excluding carboxylic acids is 4. The van der Waals surface area contributed by atoms with E-state index in [0.29, 0.717) is 6.54 Å². The summed E-state index contributed by atoms with van der Waals surface area (Å²) in [5.41, 5.74) is -2.70. The zero-order chi connectivity index (χ0) is 30.8. The van der Waals surface area contributed by atoms with Crippen molar-refractivity contribution in [2.24, 2.45) is 22.7 Å². The average molecular weight is 590 g/mol. The number of hydrogen-bond acceptors (Lipinski definition) is 6. The third-order valence-corrected chi connectivity index (χ3v) is 9.81. The zero-order valence-corrected chi connectivity index (χ0v) is 25.9. The third-order valence-electron chi connectivity index (χ3n) is 8.46. The van der Waals surface area contributed by atoms with Gasteiger partial charge in [0.2, 0.25) is 11.8 Å². The number of amides is 5. The van der Waals surface area contributed by atoms with Gasteiger partial charge in [-0.15, -0.1) is 0 Å². The van der Waals surface area contributed by atoms with E-state index in [2.05, 4.69) is 20.7 Å². The Bertz CT molecular complexity index is 1340. The molecule has 2 saturated carbocycles. The number of hydrogen-bond donors (Lipinski definition) is 4. The molecule has 12 heteroatoms. The van der Waals surface area contributed by atoms with Crippen LogP contribution in [0.25, 0.3) is 0 Å². The number of sulfonamides is 1. The fourth-order valence-corrected chi connectivity index (χ4v) is 6.93. The molecule has 0 aromatic heterocycles. The summed E-state index contributed by atoms with van der Waals surface area (Å²) in [5, 5.41) is 8.44. The molecular weight excluding hydrogens is 546 g/mol. The van der Waals surface area contributed by atoms with Crippen LogP contribution in [-0.4, -0.2) is 66.8 Å². The lowest BCUT2D eigenvalue weighted by molar-refractivity contribution is -0.144. The Labute approximate surface area is 242 Å². The number of nitrogens with one attached hydrogen (secondary N) is 4. The molecule has 1 unspecified atom stereocenters. The van der Waals surface area contributed by atoms with Crippen LogP contribution in [0.3, 0.4) is 0 Å². The highest BCUT2D eigenvalue weighted by molar-refractivity contribution is 7.90. The number of carbonyl (C=O) groups is 4. The van der Waals surface area contributed by atoms with Gasteiger partial charge in [-0.3, -0.25) is 14.4 Å². The van der Waals surface area contributed by atoms with Crippen LogP contribution in [-0.2, 0) is 24.4 Å². The van der Waals surface area contributed by atoms with Crippen molar-refractivity contribution < 1.29 is 27.6 Å². The minimum atomic E-state index is -4.12. The molecule has 226 valence electrons. The molecule has 5 amide bonds. The summed E-state index contributed by atoms with van der Waals surface area (Å²) in [5.74, 6) is -1.69. The van der Waals surface area contributed by atoms with Crippen molar-refractivity contribution >= 4 is 33.8 Å². The Morgan fingerprint density at radius 2 is 1.56 bits per heavy atom. The smallest absolute Gasteiger partial charge is 0.315 e. The molecule has 4 atom stereocenters. The molecule has 3 aliphatic rings. The first-order chi connectivity index (χ1) is 18.7.